The van der Waals surface area contributed by atoms with Gasteiger partial charge in [-0.2, -0.15) is 0 Å². The Kier molecular flexibility index (Phi) is 3.36. The van der Waals surface area contributed by atoms with Gasteiger partial charge in [0.05, 0.1) is 0 Å². The molecular weight excluding hydrogens is 234 g/mol. The summed E-state index contributed by atoms with van der Waals surface area (Å²) in [7, 11) is 0. The predicted octanol–water partition coefficient (Wildman–Crippen LogP) is 3.73. The summed E-state index contributed by atoms with van der Waals surface area (Å²) >= 11 is 6.14. The van der Waals surface area contributed by atoms with E-state index in [-0.39, 0.29) is 11.8 Å². The molecule has 0 amide bonds. The lowest BCUT2D eigenvalue weighted by Crippen LogP contribution is -2.05. The smallest absolute Gasteiger partial charge is 0.120 e. The average Bonchev–Trinajstić information content (AvgIpc) is 2.30. The molecule has 88 valence electrons. The van der Waals surface area contributed by atoms with E-state index in [2.05, 4.69) is 0 Å². The molecule has 0 saturated heterocycles. The van der Waals surface area contributed by atoms with Crippen molar-refractivity contribution in [1.29, 1.82) is 0 Å². The summed E-state index contributed by atoms with van der Waals surface area (Å²) in [5.74, 6) is 0.218. The van der Waals surface area contributed by atoms with E-state index < -0.39 is 0 Å². The quantitative estimate of drug-likeness (QED) is 0.849. The van der Waals surface area contributed by atoms with Crippen LogP contribution in [-0.4, -0.2) is 5.11 Å². The minimum absolute atomic E-state index is 0.211. The second-order valence-corrected chi connectivity index (χ2v) is 4.45. The molecule has 3 N–H and O–H groups in total. The number of aromatic hydroxyl groups is 1. The van der Waals surface area contributed by atoms with Gasteiger partial charge in [0, 0.05) is 22.2 Å². The van der Waals surface area contributed by atoms with E-state index in [4.69, 9.17) is 17.3 Å². The van der Waals surface area contributed by atoms with Gasteiger partial charge in [0.15, 0.2) is 0 Å². The topological polar surface area (TPSA) is 46.2 Å². The van der Waals surface area contributed by atoms with Gasteiger partial charge in [0.2, 0.25) is 0 Å². The molecule has 0 aliphatic rings. The second kappa shape index (κ2) is 4.78. The van der Waals surface area contributed by atoms with E-state index in [1.54, 1.807) is 6.07 Å². The molecule has 2 aromatic carbocycles. The van der Waals surface area contributed by atoms with Crippen LogP contribution in [-0.2, 0) is 0 Å². The Morgan fingerprint density at radius 2 is 1.88 bits per heavy atom. The number of hydrogen-bond donors (Lipinski definition) is 2. The predicted molar refractivity (Wildman–Crippen MR) is 71.2 cm³/mol. The summed E-state index contributed by atoms with van der Waals surface area (Å²) in [6.45, 7) is 1.84. The highest BCUT2D eigenvalue weighted by Gasteiger charge is 2.09. The molecule has 2 rings (SSSR count). The Bertz CT molecular complexity index is 537. The van der Waals surface area contributed by atoms with Crippen LogP contribution in [0, 0.1) is 0 Å². The Morgan fingerprint density at radius 3 is 2.53 bits per heavy atom. The molecule has 3 heteroatoms. The maximum Gasteiger partial charge on any atom is 0.120 e. The molecule has 0 aromatic heterocycles. The molecule has 0 aliphatic carbocycles. The van der Waals surface area contributed by atoms with E-state index in [1.165, 1.54) is 0 Å². The third-order valence-corrected chi connectivity index (χ3v) is 3.03. The first-order chi connectivity index (χ1) is 8.09. The highest BCUT2D eigenvalue weighted by molar-refractivity contribution is 6.33. The number of phenolic OH excluding ortho intramolecular Hbond substituents is 1. The molecule has 0 spiro atoms. The molecule has 1 unspecified atom stereocenters. The zero-order valence-corrected chi connectivity index (χ0v) is 10.3. The molecule has 0 aliphatic heterocycles. The highest BCUT2D eigenvalue weighted by atomic mass is 35.5. The largest absolute Gasteiger partial charge is 0.508 e. The molecule has 1 atom stereocenters. The van der Waals surface area contributed by atoms with E-state index in [0.29, 0.717) is 5.02 Å². The standard InChI is InChI=1S/C14H14ClNO/c1-9(16)12-8-10(6-7-14(12)17)11-4-2-3-5-13(11)15/h2-9,17H,16H2,1H3. The SMILES string of the molecule is CC(N)c1cc(-c2ccccc2Cl)ccc1O. The number of benzene rings is 2. The first kappa shape index (κ1) is 12.0. The fraction of sp³-hybridized carbons (Fsp3) is 0.143. The first-order valence-electron chi connectivity index (χ1n) is 5.43. The summed E-state index contributed by atoms with van der Waals surface area (Å²) in [6.07, 6.45) is 0. The monoisotopic (exact) mass is 247 g/mol. The Morgan fingerprint density at radius 1 is 1.18 bits per heavy atom. The van der Waals surface area contributed by atoms with Crippen LogP contribution in [0.15, 0.2) is 42.5 Å². The Balaban J connectivity index is 2.54. The van der Waals surface area contributed by atoms with Crippen LogP contribution in [0.3, 0.4) is 0 Å². The van der Waals surface area contributed by atoms with Crippen LogP contribution in [0.5, 0.6) is 5.75 Å². The summed E-state index contributed by atoms with van der Waals surface area (Å²) in [6, 6.07) is 12.8. The van der Waals surface area contributed by atoms with Gasteiger partial charge in [-0.15, -0.1) is 0 Å². The van der Waals surface area contributed by atoms with Gasteiger partial charge in [0.1, 0.15) is 5.75 Å². The maximum absolute atomic E-state index is 9.71. The third kappa shape index (κ3) is 2.43. The van der Waals surface area contributed by atoms with Crippen molar-refractivity contribution in [2.45, 2.75) is 13.0 Å². The van der Waals surface area contributed by atoms with Gasteiger partial charge in [-0.05, 0) is 30.7 Å². The Hall–Kier alpha value is -1.51. The van der Waals surface area contributed by atoms with Crippen molar-refractivity contribution in [3.63, 3.8) is 0 Å². The van der Waals surface area contributed by atoms with E-state index in [1.807, 2.05) is 43.3 Å². The zero-order chi connectivity index (χ0) is 12.4. The van der Waals surface area contributed by atoms with Crippen molar-refractivity contribution in [2.75, 3.05) is 0 Å². The van der Waals surface area contributed by atoms with Gasteiger partial charge >= 0.3 is 0 Å². The second-order valence-electron chi connectivity index (χ2n) is 4.04. The zero-order valence-electron chi connectivity index (χ0n) is 9.52. The molecule has 17 heavy (non-hydrogen) atoms. The minimum atomic E-state index is -0.211. The van der Waals surface area contributed by atoms with Crippen molar-refractivity contribution in [2.24, 2.45) is 5.73 Å². The van der Waals surface area contributed by atoms with Crippen molar-refractivity contribution < 1.29 is 5.11 Å². The summed E-state index contributed by atoms with van der Waals surface area (Å²) < 4.78 is 0. The van der Waals surface area contributed by atoms with Crippen molar-refractivity contribution in [3.05, 3.63) is 53.1 Å². The van der Waals surface area contributed by atoms with Crippen LogP contribution in [0.1, 0.15) is 18.5 Å². The molecule has 2 aromatic rings. The van der Waals surface area contributed by atoms with Crippen LogP contribution in [0.4, 0.5) is 0 Å². The summed E-state index contributed by atoms with van der Waals surface area (Å²) in [5, 5.41) is 10.4. The lowest BCUT2D eigenvalue weighted by Gasteiger charge is -2.11. The van der Waals surface area contributed by atoms with Crippen molar-refractivity contribution in [1.82, 2.24) is 0 Å². The highest BCUT2D eigenvalue weighted by Crippen LogP contribution is 2.32. The van der Waals surface area contributed by atoms with Crippen molar-refractivity contribution in [3.8, 4) is 16.9 Å². The molecule has 0 fully saturated rings. The van der Waals surface area contributed by atoms with E-state index >= 15 is 0 Å². The average molecular weight is 248 g/mol. The van der Waals surface area contributed by atoms with Crippen LogP contribution < -0.4 is 5.73 Å². The molecule has 0 bridgehead atoms. The number of halogens is 1. The normalized spacial score (nSPS) is 12.4. The van der Waals surface area contributed by atoms with Crippen LogP contribution in [0.25, 0.3) is 11.1 Å². The van der Waals surface area contributed by atoms with Gasteiger partial charge in [-0.25, -0.2) is 0 Å². The fourth-order valence-corrected chi connectivity index (χ4v) is 2.03. The van der Waals surface area contributed by atoms with Gasteiger partial charge in [0.25, 0.3) is 0 Å². The van der Waals surface area contributed by atoms with E-state index in [9.17, 15) is 5.11 Å². The number of hydrogen-bond acceptors (Lipinski definition) is 2. The fourth-order valence-electron chi connectivity index (χ4n) is 1.78. The van der Waals surface area contributed by atoms with Crippen LogP contribution in [0.2, 0.25) is 5.02 Å². The van der Waals surface area contributed by atoms with Crippen LogP contribution >= 0.6 is 11.6 Å². The summed E-state index contributed by atoms with van der Waals surface area (Å²) in [5.41, 5.74) is 8.43. The molecule has 0 radical (unpaired) electrons. The molecular formula is C14H14ClNO. The maximum atomic E-state index is 9.71. The van der Waals surface area contributed by atoms with Gasteiger partial charge in [-0.1, -0.05) is 35.9 Å². The van der Waals surface area contributed by atoms with E-state index in [0.717, 1.165) is 16.7 Å². The molecule has 2 nitrogen and oxygen atoms in total. The van der Waals surface area contributed by atoms with Gasteiger partial charge < -0.3 is 10.8 Å². The molecule has 0 heterocycles. The number of phenols is 1. The number of nitrogens with two attached hydrogens (primary N) is 1. The number of rotatable bonds is 2. The van der Waals surface area contributed by atoms with Gasteiger partial charge in [-0.3, -0.25) is 0 Å². The minimum Gasteiger partial charge on any atom is -0.508 e. The third-order valence-electron chi connectivity index (χ3n) is 2.70. The first-order valence-corrected chi connectivity index (χ1v) is 5.81. The molecule has 0 saturated carbocycles. The lowest BCUT2D eigenvalue weighted by atomic mass is 9.99. The Labute approximate surface area is 106 Å². The van der Waals surface area contributed by atoms with Crippen molar-refractivity contribution >= 4 is 11.6 Å². The lowest BCUT2D eigenvalue weighted by molar-refractivity contribution is 0.464. The summed E-state index contributed by atoms with van der Waals surface area (Å²) in [4.78, 5) is 0.